The predicted octanol–water partition coefficient (Wildman–Crippen LogP) is 5.12. The molecule has 0 N–H and O–H groups in total. The normalized spacial score (nSPS) is 11.5. The highest BCUT2D eigenvalue weighted by Crippen LogP contribution is 2.36. The summed E-state index contributed by atoms with van der Waals surface area (Å²) >= 11 is 0.614. The number of halogens is 3. The number of alkyl halides is 3. The number of nitrogens with zero attached hydrogens (tertiary/aromatic N) is 2. The molecule has 0 unspecified atom stereocenters. The maximum Gasteiger partial charge on any atom is 0.501 e. The fourth-order valence-corrected chi connectivity index (χ4v) is 4.37. The lowest BCUT2D eigenvalue weighted by atomic mass is 10.0. The number of nitro groups is 1. The molecule has 35 heavy (non-hydrogen) atoms. The molecule has 0 aliphatic carbocycles. The quantitative estimate of drug-likeness (QED) is 0.137. The van der Waals surface area contributed by atoms with E-state index in [2.05, 4.69) is 0 Å². The Morgan fingerprint density at radius 1 is 1.03 bits per heavy atom. The van der Waals surface area contributed by atoms with E-state index in [9.17, 15) is 36.5 Å². The predicted molar refractivity (Wildman–Crippen MR) is 119 cm³/mol. The van der Waals surface area contributed by atoms with Gasteiger partial charge in [0, 0.05) is 6.07 Å². The molecular weight excluding hydrogens is 509 g/mol. The Morgan fingerprint density at radius 2 is 1.60 bits per heavy atom. The molecule has 0 saturated heterocycles. The van der Waals surface area contributed by atoms with Gasteiger partial charge in [-0.15, -0.1) is 11.8 Å². The first kappa shape index (κ1) is 25.7. The van der Waals surface area contributed by atoms with E-state index in [4.69, 9.17) is 10.00 Å². The van der Waals surface area contributed by atoms with Gasteiger partial charge in [0.05, 0.1) is 32.1 Å². The molecule has 3 aromatic rings. The number of sulfone groups is 1. The molecule has 0 amide bonds. The van der Waals surface area contributed by atoms with Crippen LogP contribution in [0.4, 0.5) is 18.9 Å². The number of ether oxygens (including phenoxy) is 1. The molecule has 0 aliphatic rings. The van der Waals surface area contributed by atoms with Gasteiger partial charge in [-0.3, -0.25) is 14.9 Å². The monoisotopic (exact) mass is 522 g/mol. The van der Waals surface area contributed by atoms with E-state index in [-0.39, 0.29) is 10.6 Å². The van der Waals surface area contributed by atoms with Crippen molar-refractivity contribution in [2.75, 3.05) is 5.75 Å². The van der Waals surface area contributed by atoms with Crippen molar-refractivity contribution in [3.63, 3.8) is 0 Å². The van der Waals surface area contributed by atoms with Crippen LogP contribution in [-0.4, -0.2) is 30.6 Å². The topological polar surface area (TPSA) is 127 Å². The number of carbonyl (C=O) groups is 1. The minimum absolute atomic E-state index is 0.189. The molecule has 3 aromatic carbocycles. The number of rotatable bonds is 7. The lowest BCUT2D eigenvalue weighted by molar-refractivity contribution is -0.388. The minimum atomic E-state index is -5.77. The molecule has 0 fully saturated rings. The number of esters is 1. The number of carbonyl (C=O) groups excluding carboxylic acids is 1. The van der Waals surface area contributed by atoms with Crippen molar-refractivity contribution >= 4 is 33.3 Å². The van der Waals surface area contributed by atoms with E-state index in [0.717, 1.165) is 17.2 Å². The van der Waals surface area contributed by atoms with Gasteiger partial charge in [0.1, 0.15) is 5.75 Å². The fourth-order valence-electron chi connectivity index (χ4n) is 2.81. The van der Waals surface area contributed by atoms with Gasteiger partial charge >= 0.3 is 11.5 Å². The molecule has 180 valence electrons. The van der Waals surface area contributed by atoms with Gasteiger partial charge in [-0.25, -0.2) is 8.42 Å². The highest BCUT2D eigenvalue weighted by Gasteiger charge is 2.47. The number of hydrogen-bond donors (Lipinski definition) is 0. The van der Waals surface area contributed by atoms with E-state index in [1.807, 2.05) is 6.07 Å². The van der Waals surface area contributed by atoms with E-state index in [1.165, 1.54) is 12.1 Å². The Hall–Kier alpha value is -3.89. The van der Waals surface area contributed by atoms with Crippen molar-refractivity contribution < 1.29 is 36.0 Å². The van der Waals surface area contributed by atoms with Crippen LogP contribution < -0.4 is 4.74 Å². The van der Waals surface area contributed by atoms with Crippen LogP contribution in [0.5, 0.6) is 5.75 Å². The zero-order valence-electron chi connectivity index (χ0n) is 17.4. The molecular formula is C22H13F3N2O6S2. The van der Waals surface area contributed by atoms with Gasteiger partial charge in [-0.2, -0.15) is 18.4 Å². The van der Waals surface area contributed by atoms with Gasteiger partial charge in [-0.1, -0.05) is 24.3 Å². The molecule has 0 spiro atoms. The summed E-state index contributed by atoms with van der Waals surface area (Å²) < 4.78 is 66.4. The smallest absolute Gasteiger partial charge is 0.426 e. The minimum Gasteiger partial charge on any atom is -0.426 e. The maximum atomic E-state index is 12.7. The van der Waals surface area contributed by atoms with E-state index in [0.29, 0.717) is 29.5 Å². The second-order valence-electron chi connectivity index (χ2n) is 6.81. The third kappa shape index (κ3) is 5.97. The largest absolute Gasteiger partial charge is 0.501 e. The molecule has 0 aliphatic heterocycles. The van der Waals surface area contributed by atoms with Gasteiger partial charge < -0.3 is 4.74 Å². The summed E-state index contributed by atoms with van der Waals surface area (Å²) in [7, 11) is -5.77. The van der Waals surface area contributed by atoms with Crippen molar-refractivity contribution in [2.45, 2.75) is 15.3 Å². The number of nitriles is 1. The third-order valence-electron chi connectivity index (χ3n) is 4.52. The Morgan fingerprint density at radius 3 is 2.11 bits per heavy atom. The van der Waals surface area contributed by atoms with Gasteiger partial charge in [0.2, 0.25) is 0 Å². The van der Waals surface area contributed by atoms with Crippen molar-refractivity contribution in [1.82, 2.24) is 0 Å². The van der Waals surface area contributed by atoms with Crippen molar-refractivity contribution in [3.05, 3.63) is 82.4 Å². The molecule has 0 aromatic heterocycles. The Balaban J connectivity index is 1.68. The zero-order chi connectivity index (χ0) is 25.8. The number of benzene rings is 3. The lowest BCUT2D eigenvalue weighted by Gasteiger charge is -2.09. The van der Waals surface area contributed by atoms with Crippen LogP contribution in [0, 0.1) is 21.4 Å². The van der Waals surface area contributed by atoms with Crippen LogP contribution >= 0.6 is 11.8 Å². The number of thioether (sulfide) groups is 1. The summed E-state index contributed by atoms with van der Waals surface area (Å²) in [6.07, 6.45) is 0. The van der Waals surface area contributed by atoms with Crippen molar-refractivity contribution in [3.8, 4) is 22.9 Å². The summed E-state index contributed by atoms with van der Waals surface area (Å²) in [5, 5.41) is 20.1. The Labute approximate surface area is 201 Å². The first-order valence-corrected chi connectivity index (χ1v) is 11.9. The highest BCUT2D eigenvalue weighted by atomic mass is 32.2. The number of hydrogen-bond acceptors (Lipinski definition) is 8. The standard InChI is InChI=1S/C22H13F3N2O6S2/c23-22(24,25)35(31,32)18-9-10-20(19(11-18)27(29)30)34-13-21(28)33-17-7-5-16(6-8-17)15-3-1-14(12-26)2-4-15/h1-11H,13H2. The van der Waals surface area contributed by atoms with Crippen molar-refractivity contribution in [1.29, 1.82) is 5.26 Å². The summed E-state index contributed by atoms with van der Waals surface area (Å²) in [5.41, 5.74) is -4.36. The number of nitro benzene ring substituents is 1. The first-order valence-electron chi connectivity index (χ1n) is 9.46. The average molecular weight is 522 g/mol. The molecule has 8 nitrogen and oxygen atoms in total. The molecule has 0 radical (unpaired) electrons. The summed E-state index contributed by atoms with van der Waals surface area (Å²) in [6.45, 7) is 0. The average Bonchev–Trinajstić information content (AvgIpc) is 2.82. The summed E-state index contributed by atoms with van der Waals surface area (Å²) in [4.78, 5) is 20.9. The van der Waals surface area contributed by atoms with Gasteiger partial charge in [-0.05, 0) is 47.5 Å². The van der Waals surface area contributed by atoms with E-state index in [1.54, 1.807) is 36.4 Å². The van der Waals surface area contributed by atoms with Gasteiger partial charge in [0.15, 0.2) is 0 Å². The Bertz CT molecular complexity index is 1420. The van der Waals surface area contributed by atoms with E-state index < -0.39 is 42.6 Å². The lowest BCUT2D eigenvalue weighted by Crippen LogP contribution is -2.23. The first-order chi connectivity index (χ1) is 16.4. The third-order valence-corrected chi connectivity index (χ3v) is 7.04. The second-order valence-corrected chi connectivity index (χ2v) is 9.77. The molecule has 3 rings (SSSR count). The maximum absolute atomic E-state index is 12.7. The Kier molecular flexibility index (Phi) is 7.47. The molecule has 13 heteroatoms. The van der Waals surface area contributed by atoms with Crippen LogP contribution in [0.15, 0.2) is 76.5 Å². The van der Waals surface area contributed by atoms with Crippen molar-refractivity contribution in [2.24, 2.45) is 0 Å². The van der Waals surface area contributed by atoms with Crippen LogP contribution in [-0.2, 0) is 14.6 Å². The highest BCUT2D eigenvalue weighted by molar-refractivity contribution is 8.00. The summed E-state index contributed by atoms with van der Waals surface area (Å²) in [5.74, 6) is -1.03. The van der Waals surface area contributed by atoms with Crippen LogP contribution in [0.3, 0.4) is 0 Å². The molecule has 0 atom stereocenters. The SMILES string of the molecule is N#Cc1ccc(-c2ccc(OC(=O)CSc3ccc(S(=O)(=O)C(F)(F)F)cc3[N+](=O)[O-])cc2)cc1. The zero-order valence-corrected chi connectivity index (χ0v) is 19.0. The van der Waals surface area contributed by atoms with Gasteiger partial charge in [0.25, 0.3) is 15.5 Å². The van der Waals surface area contributed by atoms with Crippen LogP contribution in [0.2, 0.25) is 0 Å². The van der Waals surface area contributed by atoms with Crippen LogP contribution in [0.25, 0.3) is 11.1 Å². The fraction of sp³-hybridized carbons (Fsp3) is 0.0909. The van der Waals surface area contributed by atoms with Crippen LogP contribution in [0.1, 0.15) is 5.56 Å². The summed E-state index contributed by atoms with van der Waals surface area (Å²) in [6, 6.07) is 17.0. The second kappa shape index (κ2) is 10.2. The molecule has 0 bridgehead atoms. The van der Waals surface area contributed by atoms with E-state index >= 15 is 0 Å². The molecule has 0 saturated carbocycles. The molecule has 0 heterocycles.